The molecule has 3 atom stereocenters. The van der Waals surface area contributed by atoms with E-state index in [0.717, 1.165) is 12.2 Å². The Kier molecular flexibility index (Phi) is 6.16. The fraction of sp³-hybridized carbons (Fsp3) is 0.684. The van der Waals surface area contributed by atoms with Crippen LogP contribution in [0.25, 0.3) is 5.52 Å². The Balaban J connectivity index is 1.71. The van der Waals surface area contributed by atoms with Crippen molar-refractivity contribution in [3.63, 3.8) is 0 Å². The van der Waals surface area contributed by atoms with Crippen molar-refractivity contribution in [2.24, 2.45) is 0 Å². The van der Waals surface area contributed by atoms with Gasteiger partial charge in [0, 0.05) is 12.5 Å². The number of carbonyl (C=O) groups is 1. The Bertz CT molecular complexity index is 883. The number of anilines is 1. The molecule has 10 heteroatoms. The van der Waals surface area contributed by atoms with Gasteiger partial charge in [0.05, 0.1) is 18.8 Å². The number of likely N-dealkylation sites (tertiary alicyclic amines) is 1. The molecule has 2 aromatic rings. The number of rotatable bonds is 4. The van der Waals surface area contributed by atoms with Crippen molar-refractivity contribution in [2.75, 3.05) is 18.4 Å². The molecule has 1 amide bonds. The Morgan fingerprint density at radius 2 is 2.21 bits per heavy atom. The first-order chi connectivity index (χ1) is 13.6. The second-order valence-electron chi connectivity index (χ2n) is 8.43. The number of aromatic nitrogens is 4. The van der Waals surface area contributed by atoms with Crippen molar-refractivity contribution in [3.05, 3.63) is 17.2 Å². The lowest BCUT2D eigenvalue weighted by atomic mass is 10.0. The molecule has 29 heavy (non-hydrogen) atoms. The molecule has 1 unspecified atom stereocenters. The van der Waals surface area contributed by atoms with E-state index in [4.69, 9.17) is 16.3 Å². The van der Waals surface area contributed by atoms with Crippen molar-refractivity contribution in [3.8, 4) is 0 Å². The first-order valence-corrected chi connectivity index (χ1v) is 10.3. The summed E-state index contributed by atoms with van der Waals surface area (Å²) >= 11 is 6.20. The van der Waals surface area contributed by atoms with E-state index in [2.05, 4.69) is 27.3 Å². The highest BCUT2D eigenvalue weighted by Gasteiger charge is 2.34. The van der Waals surface area contributed by atoms with Crippen LogP contribution in [-0.4, -0.2) is 61.5 Å². The number of carbonyl (C=O) groups excluding carboxylic acids is 1. The van der Waals surface area contributed by atoms with Crippen molar-refractivity contribution >= 4 is 29.2 Å². The molecule has 0 aliphatic carbocycles. The summed E-state index contributed by atoms with van der Waals surface area (Å²) in [6, 6.07) is -0.503. The predicted molar refractivity (Wildman–Crippen MR) is 109 cm³/mol. The van der Waals surface area contributed by atoms with Crippen LogP contribution in [0.3, 0.4) is 0 Å². The summed E-state index contributed by atoms with van der Waals surface area (Å²) in [4.78, 5) is 22.2. The lowest BCUT2D eigenvalue weighted by molar-refractivity contribution is 0.0125. The maximum atomic E-state index is 14.7. The number of hydrogen-bond acceptors (Lipinski definition) is 6. The van der Waals surface area contributed by atoms with Gasteiger partial charge in [-0.2, -0.15) is 0 Å². The molecular weight excluding hydrogens is 399 g/mol. The van der Waals surface area contributed by atoms with Gasteiger partial charge < -0.3 is 15.0 Å². The molecule has 0 saturated carbocycles. The molecule has 0 aromatic carbocycles. The Hall–Kier alpha value is -2.16. The first kappa shape index (κ1) is 21.5. The minimum atomic E-state index is -1.27. The number of ether oxygens (including phenoxy) is 1. The van der Waals surface area contributed by atoms with Crippen LogP contribution in [0.1, 0.15) is 59.2 Å². The molecule has 2 aromatic heterocycles. The van der Waals surface area contributed by atoms with Gasteiger partial charge in [-0.25, -0.2) is 23.7 Å². The molecule has 1 aliphatic rings. The predicted octanol–water partition coefficient (Wildman–Crippen LogP) is 4.05. The number of alkyl halides is 1. The first-order valence-electron chi connectivity index (χ1n) is 9.88. The van der Waals surface area contributed by atoms with E-state index >= 15 is 0 Å². The molecule has 0 bridgehead atoms. The van der Waals surface area contributed by atoms with E-state index in [1.165, 1.54) is 4.90 Å². The van der Waals surface area contributed by atoms with Crippen LogP contribution in [0.15, 0.2) is 6.20 Å². The van der Waals surface area contributed by atoms with Gasteiger partial charge in [0.1, 0.15) is 23.1 Å². The number of piperidine rings is 1. The maximum absolute atomic E-state index is 14.7. The highest BCUT2D eigenvalue weighted by Crippen LogP contribution is 2.25. The molecular formula is C19H28ClFN6O2. The minimum Gasteiger partial charge on any atom is -0.444 e. The molecule has 1 fully saturated rings. The summed E-state index contributed by atoms with van der Waals surface area (Å²) in [5, 5.41) is 7.88. The SMILES string of the molecule is CCC(C)c1nc(Cl)c2cnc(N[C@@H]3CCN(C(=O)OC(C)(C)C)C[C@H]3F)nn12. The van der Waals surface area contributed by atoms with Crippen molar-refractivity contribution in [2.45, 2.75) is 71.2 Å². The van der Waals surface area contributed by atoms with E-state index in [1.807, 2.05) is 6.92 Å². The van der Waals surface area contributed by atoms with Gasteiger partial charge in [0.25, 0.3) is 0 Å². The highest BCUT2D eigenvalue weighted by molar-refractivity contribution is 6.32. The van der Waals surface area contributed by atoms with Crippen molar-refractivity contribution in [1.29, 1.82) is 0 Å². The molecule has 1 aliphatic heterocycles. The zero-order valence-corrected chi connectivity index (χ0v) is 18.2. The number of nitrogens with zero attached hydrogens (tertiary/aromatic N) is 5. The number of amides is 1. The zero-order valence-electron chi connectivity index (χ0n) is 17.4. The van der Waals surface area contributed by atoms with Crippen LogP contribution in [0, 0.1) is 0 Å². The topological polar surface area (TPSA) is 84.7 Å². The smallest absolute Gasteiger partial charge is 0.410 e. The molecule has 1 saturated heterocycles. The second-order valence-corrected chi connectivity index (χ2v) is 8.79. The maximum Gasteiger partial charge on any atom is 0.410 e. The Morgan fingerprint density at radius 3 is 2.83 bits per heavy atom. The third-order valence-corrected chi connectivity index (χ3v) is 5.21. The molecule has 3 heterocycles. The average Bonchev–Trinajstić information content (AvgIpc) is 2.97. The van der Waals surface area contributed by atoms with Gasteiger partial charge in [-0.1, -0.05) is 25.4 Å². The van der Waals surface area contributed by atoms with Gasteiger partial charge in [-0.3, -0.25) is 0 Å². The highest BCUT2D eigenvalue weighted by atomic mass is 35.5. The lowest BCUT2D eigenvalue weighted by Crippen LogP contribution is -2.51. The molecule has 3 rings (SSSR count). The fourth-order valence-electron chi connectivity index (χ4n) is 3.17. The molecule has 1 N–H and O–H groups in total. The number of hydrogen-bond donors (Lipinski definition) is 1. The Labute approximate surface area is 174 Å². The third kappa shape index (κ3) is 4.88. The zero-order chi connectivity index (χ0) is 21.3. The number of fused-ring (bicyclic) bond motifs is 1. The van der Waals surface area contributed by atoms with Crippen molar-refractivity contribution < 1.29 is 13.9 Å². The second kappa shape index (κ2) is 8.30. The van der Waals surface area contributed by atoms with Crippen LogP contribution < -0.4 is 5.32 Å². The molecule has 160 valence electrons. The minimum absolute atomic E-state index is 0.0379. The van der Waals surface area contributed by atoms with Crippen LogP contribution in [-0.2, 0) is 4.74 Å². The van der Waals surface area contributed by atoms with Gasteiger partial charge in [-0.05, 0) is 33.6 Å². The standard InChI is InChI=1S/C19H28ClFN6O2/c1-6-11(2)16-24-15(20)14-9-22-17(25-27(14)16)23-13-7-8-26(10-12(13)21)18(28)29-19(3,4)5/h9,11-13H,6-8,10H2,1-5H3,(H,23,25)/t11?,12-,13-/m1/s1. The fourth-order valence-corrected chi connectivity index (χ4v) is 3.38. The molecule has 0 radical (unpaired) electrons. The summed E-state index contributed by atoms with van der Waals surface area (Å²) in [5.74, 6) is 1.22. The summed E-state index contributed by atoms with van der Waals surface area (Å²) < 4.78 is 21.7. The van der Waals surface area contributed by atoms with Crippen molar-refractivity contribution in [1.82, 2.24) is 24.5 Å². The summed E-state index contributed by atoms with van der Waals surface area (Å²) in [5.41, 5.74) is 0.00440. The van der Waals surface area contributed by atoms with E-state index in [-0.39, 0.29) is 12.5 Å². The van der Waals surface area contributed by atoms with Crippen LogP contribution in [0.2, 0.25) is 5.15 Å². The van der Waals surface area contributed by atoms with Crippen LogP contribution in [0.4, 0.5) is 15.1 Å². The average molecular weight is 427 g/mol. The van der Waals surface area contributed by atoms with Crippen LogP contribution >= 0.6 is 11.6 Å². The molecule has 8 nitrogen and oxygen atoms in total. The van der Waals surface area contributed by atoms with E-state index in [9.17, 15) is 9.18 Å². The summed E-state index contributed by atoms with van der Waals surface area (Å²) in [6.45, 7) is 9.82. The van der Waals surface area contributed by atoms with Gasteiger partial charge in [0.2, 0.25) is 5.95 Å². The summed E-state index contributed by atoms with van der Waals surface area (Å²) in [6.07, 6.45) is 1.13. The van der Waals surface area contributed by atoms with E-state index < -0.39 is 23.9 Å². The monoisotopic (exact) mass is 426 g/mol. The molecule has 0 spiro atoms. The van der Waals surface area contributed by atoms with Gasteiger partial charge in [0.15, 0.2) is 5.15 Å². The quantitative estimate of drug-likeness (QED) is 0.793. The number of imidazole rings is 1. The van der Waals surface area contributed by atoms with Crippen LogP contribution in [0.5, 0.6) is 0 Å². The largest absolute Gasteiger partial charge is 0.444 e. The summed E-state index contributed by atoms with van der Waals surface area (Å²) in [7, 11) is 0. The lowest BCUT2D eigenvalue weighted by Gasteiger charge is -2.35. The normalized spacial score (nSPS) is 21.3. The van der Waals surface area contributed by atoms with Gasteiger partial charge >= 0.3 is 6.09 Å². The van der Waals surface area contributed by atoms with Gasteiger partial charge in [-0.15, -0.1) is 5.10 Å². The third-order valence-electron chi connectivity index (χ3n) is 4.93. The van der Waals surface area contributed by atoms with E-state index in [0.29, 0.717) is 29.6 Å². The number of nitrogens with one attached hydrogen (secondary N) is 1. The van der Waals surface area contributed by atoms with E-state index in [1.54, 1.807) is 31.5 Å². The number of halogens is 2. The Morgan fingerprint density at radius 1 is 1.48 bits per heavy atom.